The number of hydrogen-bond acceptors (Lipinski definition) is 12. The number of aromatic nitrogens is 6. The van der Waals surface area contributed by atoms with E-state index in [-0.39, 0.29) is 36.8 Å². The molecule has 0 aliphatic carbocycles. The molecule has 2 atom stereocenters. The van der Waals surface area contributed by atoms with Crippen LogP contribution in [0.5, 0.6) is 5.75 Å². The predicted octanol–water partition coefficient (Wildman–Crippen LogP) is 2.01. The molecule has 4 aromatic rings. The van der Waals surface area contributed by atoms with Crippen molar-refractivity contribution < 1.29 is 32.5 Å². The van der Waals surface area contributed by atoms with Gasteiger partial charge in [0.1, 0.15) is 17.9 Å². The molecule has 0 aromatic carbocycles. The number of nitrogens with two attached hydrogens (primary N) is 2. The number of halogens is 3. The summed E-state index contributed by atoms with van der Waals surface area (Å²) in [7, 11) is 2.99. The van der Waals surface area contributed by atoms with Crippen molar-refractivity contribution >= 4 is 28.8 Å². The summed E-state index contributed by atoms with van der Waals surface area (Å²) < 4.78 is 53.7. The Hall–Kier alpha value is -4.77. The van der Waals surface area contributed by atoms with Crippen molar-refractivity contribution in [2.75, 3.05) is 44.6 Å². The number of nitrogens with zero attached hydrogens (tertiary/aromatic N) is 8. The van der Waals surface area contributed by atoms with Gasteiger partial charge in [-0.3, -0.25) is 9.97 Å². The second-order valence-corrected chi connectivity index (χ2v) is 10.6. The number of nitrogen functional groups attached to an aromatic ring is 1. The minimum Gasteiger partial charge on any atom is -0.453 e. The number of amides is 1. The molecule has 5 N–H and O–H groups in total. The number of anilines is 2. The Morgan fingerprint density at radius 2 is 1.91 bits per heavy atom. The predicted molar refractivity (Wildman–Crippen MR) is 152 cm³/mol. The summed E-state index contributed by atoms with van der Waals surface area (Å²) in [5, 5.41) is 10.2. The molecule has 234 valence electrons. The first-order valence-corrected chi connectivity index (χ1v) is 13.5. The highest BCUT2D eigenvalue weighted by molar-refractivity contribution is 5.81. The van der Waals surface area contributed by atoms with E-state index in [0.29, 0.717) is 41.1 Å². The number of carbonyl (C=O) groups excluding carboxylic acids is 1. The molecule has 44 heavy (non-hydrogen) atoms. The van der Waals surface area contributed by atoms with E-state index in [1.54, 1.807) is 15.5 Å². The smallest absolute Gasteiger partial charge is 0.412 e. The van der Waals surface area contributed by atoms with Crippen LogP contribution < -0.4 is 21.1 Å². The van der Waals surface area contributed by atoms with Gasteiger partial charge in [0.2, 0.25) is 6.79 Å². The number of pyridine rings is 2. The summed E-state index contributed by atoms with van der Waals surface area (Å²) in [6.07, 6.45) is 0.511. The summed E-state index contributed by atoms with van der Waals surface area (Å²) in [4.78, 5) is 35.9. The van der Waals surface area contributed by atoms with E-state index in [0.717, 1.165) is 12.3 Å². The maximum absolute atomic E-state index is 14.9. The van der Waals surface area contributed by atoms with E-state index in [1.165, 1.54) is 37.8 Å². The molecule has 0 bridgehead atoms. The molecule has 0 radical (unpaired) electrons. The third kappa shape index (κ3) is 6.28. The Balaban J connectivity index is 1.48. The first-order valence-electron chi connectivity index (χ1n) is 13.5. The molecule has 0 saturated carbocycles. The second kappa shape index (κ2) is 12.5. The zero-order chi connectivity index (χ0) is 31.6. The first kappa shape index (κ1) is 30.7. The van der Waals surface area contributed by atoms with Crippen molar-refractivity contribution in [3.05, 3.63) is 48.6 Å². The van der Waals surface area contributed by atoms with Crippen LogP contribution in [0.15, 0.2) is 37.2 Å². The van der Waals surface area contributed by atoms with Crippen LogP contribution in [0.3, 0.4) is 0 Å². The fourth-order valence-corrected chi connectivity index (χ4v) is 4.99. The van der Waals surface area contributed by atoms with Crippen LogP contribution in [-0.2, 0) is 11.3 Å². The third-order valence-corrected chi connectivity index (χ3v) is 7.30. The van der Waals surface area contributed by atoms with Crippen molar-refractivity contribution in [2.24, 2.45) is 5.73 Å². The van der Waals surface area contributed by atoms with Crippen LogP contribution in [0.2, 0.25) is 0 Å². The van der Waals surface area contributed by atoms with Gasteiger partial charge in [0.15, 0.2) is 23.0 Å². The van der Waals surface area contributed by atoms with Gasteiger partial charge < -0.3 is 40.4 Å². The van der Waals surface area contributed by atoms with Crippen LogP contribution >= 0.6 is 0 Å². The molecule has 1 aliphatic rings. The second-order valence-electron chi connectivity index (χ2n) is 10.6. The summed E-state index contributed by atoms with van der Waals surface area (Å²) >= 11 is 0. The molecule has 1 amide bonds. The summed E-state index contributed by atoms with van der Waals surface area (Å²) in [6.45, 7) is 0.0889. The third-order valence-electron chi connectivity index (χ3n) is 7.30. The van der Waals surface area contributed by atoms with Crippen LogP contribution in [0.25, 0.3) is 22.6 Å². The minimum absolute atomic E-state index is 0.0519. The Morgan fingerprint density at radius 1 is 1.16 bits per heavy atom. The van der Waals surface area contributed by atoms with Crippen molar-refractivity contribution in [3.63, 3.8) is 0 Å². The topological polar surface area (TPSA) is 184 Å². The Bertz CT molecular complexity index is 1660. The Labute approximate surface area is 249 Å². The number of aliphatic hydroxyl groups excluding tert-OH is 1. The summed E-state index contributed by atoms with van der Waals surface area (Å²) in [5.74, 6) is -0.793. The van der Waals surface area contributed by atoms with Gasteiger partial charge in [-0.2, -0.15) is 0 Å². The van der Waals surface area contributed by atoms with E-state index in [1.807, 2.05) is 0 Å². The van der Waals surface area contributed by atoms with Crippen molar-refractivity contribution in [3.8, 4) is 17.1 Å². The van der Waals surface area contributed by atoms with Gasteiger partial charge in [-0.15, -0.1) is 0 Å². The highest BCUT2D eigenvalue weighted by atomic mass is 19.3. The van der Waals surface area contributed by atoms with Crippen LogP contribution in [0.4, 0.5) is 29.5 Å². The lowest BCUT2D eigenvalue weighted by Crippen LogP contribution is -2.63. The molecule has 5 rings (SSSR count). The molecule has 14 nitrogen and oxygen atoms in total. The lowest BCUT2D eigenvalue weighted by Gasteiger charge is -2.44. The molecule has 1 aliphatic heterocycles. The highest BCUT2D eigenvalue weighted by Crippen LogP contribution is 2.33. The lowest BCUT2D eigenvalue weighted by atomic mass is 9.84. The number of fused-ring (bicyclic) bond motifs is 1. The van der Waals surface area contributed by atoms with Gasteiger partial charge in [-0.1, -0.05) is 0 Å². The number of piperidine rings is 1. The quantitative estimate of drug-likeness (QED) is 0.233. The number of aliphatic hydroxyl groups is 1. The summed E-state index contributed by atoms with van der Waals surface area (Å²) in [6, 6.07) is 2.81. The van der Waals surface area contributed by atoms with Crippen LogP contribution in [0, 0.1) is 5.82 Å². The number of alkyl halides is 2. The maximum Gasteiger partial charge on any atom is 0.412 e. The molecule has 1 saturated heterocycles. The number of carbonyl (C=O) groups is 1. The Kier molecular flexibility index (Phi) is 8.68. The molecule has 5 heterocycles. The van der Waals surface area contributed by atoms with E-state index in [2.05, 4.69) is 24.9 Å². The van der Waals surface area contributed by atoms with Gasteiger partial charge in [0.25, 0.3) is 6.43 Å². The zero-order valence-electron chi connectivity index (χ0n) is 23.9. The number of rotatable bonds is 9. The SMILES string of the molecule is CN(C)C(=O)OCOc1cnc(-c2cc(Cn3cnc4c(N)ncnc43)c(N3CCC[C@](N)([C@@H](O)C(F)F)C3)cn2)cc1F. The van der Waals surface area contributed by atoms with E-state index in [4.69, 9.17) is 20.9 Å². The minimum atomic E-state index is -3.00. The number of imidazole rings is 1. The van der Waals surface area contributed by atoms with Crippen molar-refractivity contribution in [1.82, 2.24) is 34.4 Å². The number of ether oxygens (including phenoxy) is 2. The average Bonchev–Trinajstić information content (AvgIpc) is 3.41. The molecular formula is C27H31F3N10O4. The fraction of sp³-hybridized carbons (Fsp3) is 0.407. The lowest BCUT2D eigenvalue weighted by molar-refractivity contribution is -0.0529. The molecule has 0 spiro atoms. The van der Waals surface area contributed by atoms with E-state index >= 15 is 0 Å². The highest BCUT2D eigenvalue weighted by Gasteiger charge is 2.43. The molecule has 4 aromatic heterocycles. The van der Waals surface area contributed by atoms with Crippen molar-refractivity contribution in [2.45, 2.75) is 37.5 Å². The van der Waals surface area contributed by atoms with Gasteiger partial charge in [-0.25, -0.2) is 32.9 Å². The molecular weight excluding hydrogens is 585 g/mol. The van der Waals surface area contributed by atoms with E-state index < -0.39 is 36.8 Å². The van der Waals surface area contributed by atoms with Gasteiger partial charge in [0, 0.05) is 33.3 Å². The standard InChI is InChI=1S/C27H31F3N10O4/c1-38(2)26(42)44-14-43-20-9-34-18(7-16(20)28)17-6-15(10-40-13-37-21-24(31)35-12-36-25(21)40)19(8-33-17)39-5-3-4-27(32,11-39)22(41)23(29)30/h6-9,12-13,22-23,41H,3-5,10-11,14,32H2,1-2H3,(H2,31,35,36)/t22-,27+/m0/s1. The molecule has 0 unspecified atom stereocenters. The molecule has 17 heteroatoms. The van der Waals surface area contributed by atoms with Crippen LogP contribution in [-0.4, -0.2) is 97.6 Å². The average molecular weight is 617 g/mol. The van der Waals surface area contributed by atoms with Crippen LogP contribution in [0.1, 0.15) is 18.4 Å². The number of hydrogen-bond donors (Lipinski definition) is 3. The fourth-order valence-electron chi connectivity index (χ4n) is 4.99. The molecule has 1 fully saturated rings. The van der Waals surface area contributed by atoms with E-state index in [9.17, 15) is 23.1 Å². The summed E-state index contributed by atoms with van der Waals surface area (Å²) in [5.41, 5.74) is 13.2. The zero-order valence-corrected chi connectivity index (χ0v) is 23.9. The maximum atomic E-state index is 14.9. The van der Waals surface area contributed by atoms with Gasteiger partial charge in [0.05, 0.1) is 47.9 Å². The normalized spacial score (nSPS) is 17.6. The first-order chi connectivity index (χ1) is 21.0. The van der Waals surface area contributed by atoms with Gasteiger partial charge >= 0.3 is 6.09 Å². The Morgan fingerprint density at radius 3 is 2.64 bits per heavy atom. The largest absolute Gasteiger partial charge is 0.453 e. The monoisotopic (exact) mass is 616 g/mol. The van der Waals surface area contributed by atoms with Gasteiger partial charge in [-0.05, 0) is 24.5 Å². The van der Waals surface area contributed by atoms with Crippen molar-refractivity contribution in [1.29, 1.82) is 0 Å².